The second-order valence-corrected chi connectivity index (χ2v) is 5.78. The lowest BCUT2D eigenvalue weighted by molar-refractivity contribution is -0.123. The molecule has 7 heteroatoms. The number of para-hydroxylation sites is 1. The molecule has 0 bridgehead atoms. The summed E-state index contributed by atoms with van der Waals surface area (Å²) in [6.45, 7) is 3.93. The lowest BCUT2D eigenvalue weighted by Crippen LogP contribution is -2.43. The summed E-state index contributed by atoms with van der Waals surface area (Å²) in [5, 5.41) is 0. The average molecular weight is 360 g/mol. The van der Waals surface area contributed by atoms with Crippen LogP contribution in [0.15, 0.2) is 48.5 Å². The molecule has 0 spiro atoms. The Bertz CT molecular complexity index is 747. The van der Waals surface area contributed by atoms with Gasteiger partial charge in [-0.3, -0.25) is 20.4 Å². The number of carbonyl (C=O) groups excluding carboxylic acids is 2. The Morgan fingerprint density at radius 3 is 2.38 bits per heavy atom. The quantitative estimate of drug-likeness (QED) is 0.744. The maximum absolute atomic E-state index is 13.4. The van der Waals surface area contributed by atoms with E-state index in [0.29, 0.717) is 12.2 Å². The second kappa shape index (κ2) is 9.53. The zero-order valence-corrected chi connectivity index (χ0v) is 14.6. The van der Waals surface area contributed by atoms with E-state index >= 15 is 0 Å². The number of hydrazine groups is 1. The van der Waals surface area contributed by atoms with E-state index in [2.05, 4.69) is 10.9 Å². The van der Waals surface area contributed by atoms with E-state index in [4.69, 9.17) is 9.47 Å². The number of rotatable bonds is 7. The van der Waals surface area contributed by atoms with Gasteiger partial charge in [-0.2, -0.15) is 0 Å². The van der Waals surface area contributed by atoms with Gasteiger partial charge in [-0.15, -0.1) is 0 Å². The fourth-order valence-electron chi connectivity index (χ4n) is 1.96. The summed E-state index contributed by atoms with van der Waals surface area (Å²) in [4.78, 5) is 23.7. The summed E-state index contributed by atoms with van der Waals surface area (Å²) >= 11 is 0. The van der Waals surface area contributed by atoms with E-state index in [9.17, 15) is 14.0 Å². The molecule has 26 heavy (non-hydrogen) atoms. The monoisotopic (exact) mass is 360 g/mol. The fourth-order valence-corrected chi connectivity index (χ4v) is 1.96. The highest BCUT2D eigenvalue weighted by Crippen LogP contribution is 2.14. The van der Waals surface area contributed by atoms with Gasteiger partial charge in [0.2, 0.25) is 0 Å². The minimum atomic E-state index is -0.608. The molecule has 0 aliphatic heterocycles. The Morgan fingerprint density at radius 2 is 1.73 bits per heavy atom. The Hall–Kier alpha value is -2.93. The highest BCUT2D eigenvalue weighted by Gasteiger charge is 2.09. The van der Waals surface area contributed by atoms with Crippen molar-refractivity contribution in [3.05, 3.63) is 65.5 Å². The summed E-state index contributed by atoms with van der Waals surface area (Å²) in [6, 6.07) is 12.6. The van der Waals surface area contributed by atoms with Crippen LogP contribution in [0.5, 0.6) is 5.75 Å². The van der Waals surface area contributed by atoms with Crippen molar-refractivity contribution in [2.45, 2.75) is 26.6 Å². The van der Waals surface area contributed by atoms with Crippen LogP contribution in [-0.4, -0.2) is 24.5 Å². The normalized spacial score (nSPS) is 10.5. The van der Waals surface area contributed by atoms with Gasteiger partial charge in [-0.25, -0.2) is 4.39 Å². The van der Waals surface area contributed by atoms with Crippen LogP contribution in [0.3, 0.4) is 0 Å². The molecule has 0 atom stereocenters. The third kappa shape index (κ3) is 6.18. The molecule has 0 aromatic heterocycles. The third-order valence-electron chi connectivity index (χ3n) is 3.31. The van der Waals surface area contributed by atoms with Gasteiger partial charge in [-0.05, 0) is 43.7 Å². The number of nitrogens with one attached hydrogen (secondary N) is 2. The van der Waals surface area contributed by atoms with Gasteiger partial charge in [-0.1, -0.05) is 24.3 Å². The van der Waals surface area contributed by atoms with Gasteiger partial charge in [0.05, 0.1) is 12.7 Å². The van der Waals surface area contributed by atoms with Crippen LogP contribution in [0.25, 0.3) is 0 Å². The van der Waals surface area contributed by atoms with Crippen molar-refractivity contribution in [2.24, 2.45) is 0 Å². The van der Waals surface area contributed by atoms with E-state index in [1.54, 1.807) is 30.3 Å². The van der Waals surface area contributed by atoms with E-state index in [-0.39, 0.29) is 11.9 Å². The highest BCUT2D eigenvalue weighted by atomic mass is 19.1. The highest BCUT2D eigenvalue weighted by molar-refractivity contribution is 5.95. The summed E-state index contributed by atoms with van der Waals surface area (Å²) in [6.07, 6.45) is 0.125. The summed E-state index contributed by atoms with van der Waals surface area (Å²) < 4.78 is 23.9. The molecule has 0 heterocycles. The van der Waals surface area contributed by atoms with Crippen LogP contribution in [0.1, 0.15) is 29.8 Å². The topological polar surface area (TPSA) is 76.7 Å². The molecule has 0 saturated carbocycles. The first-order valence-electron chi connectivity index (χ1n) is 8.12. The number of ether oxygens (including phenoxy) is 2. The fraction of sp³-hybridized carbons (Fsp3) is 0.263. The smallest absolute Gasteiger partial charge is 0.276 e. The van der Waals surface area contributed by atoms with Gasteiger partial charge in [0.1, 0.15) is 0 Å². The van der Waals surface area contributed by atoms with Gasteiger partial charge in [0.15, 0.2) is 18.2 Å². The van der Waals surface area contributed by atoms with Crippen molar-refractivity contribution in [2.75, 3.05) is 6.61 Å². The van der Waals surface area contributed by atoms with Crippen LogP contribution in [-0.2, 0) is 16.1 Å². The van der Waals surface area contributed by atoms with Crippen molar-refractivity contribution in [3.63, 3.8) is 0 Å². The maximum Gasteiger partial charge on any atom is 0.276 e. The first-order chi connectivity index (χ1) is 12.5. The molecule has 6 nitrogen and oxygen atoms in total. The molecular formula is C19H21FN2O4. The standard InChI is InChI=1S/C19H21FN2O4/c1-13(2)25-11-14-7-9-15(10-8-14)19(24)22-21-18(23)12-26-17-6-4-3-5-16(17)20/h3-10,13H,11-12H2,1-2H3,(H,21,23)(H,22,24). The van der Waals surface area contributed by atoms with Crippen molar-refractivity contribution >= 4 is 11.8 Å². The minimum Gasteiger partial charge on any atom is -0.481 e. The van der Waals surface area contributed by atoms with E-state index in [0.717, 1.165) is 5.56 Å². The summed E-state index contributed by atoms with van der Waals surface area (Å²) in [5.41, 5.74) is 5.82. The molecule has 0 radical (unpaired) electrons. The molecule has 0 fully saturated rings. The van der Waals surface area contributed by atoms with Gasteiger partial charge >= 0.3 is 0 Å². The number of hydrogen-bond donors (Lipinski definition) is 2. The molecule has 2 rings (SSSR count). The van der Waals surface area contributed by atoms with Crippen molar-refractivity contribution in [1.29, 1.82) is 0 Å². The average Bonchev–Trinajstić information content (AvgIpc) is 2.64. The molecule has 2 aromatic carbocycles. The van der Waals surface area contributed by atoms with Crippen LogP contribution in [0.4, 0.5) is 4.39 Å². The molecular weight excluding hydrogens is 339 g/mol. The Kier molecular flexibility index (Phi) is 7.11. The van der Waals surface area contributed by atoms with E-state index in [1.165, 1.54) is 18.2 Å². The van der Waals surface area contributed by atoms with Gasteiger partial charge < -0.3 is 9.47 Å². The predicted octanol–water partition coefficient (Wildman–Crippen LogP) is 2.59. The zero-order valence-electron chi connectivity index (χ0n) is 14.6. The molecule has 138 valence electrons. The lowest BCUT2D eigenvalue weighted by Gasteiger charge is -2.10. The number of halogens is 1. The van der Waals surface area contributed by atoms with Crippen molar-refractivity contribution in [1.82, 2.24) is 10.9 Å². The number of carbonyl (C=O) groups is 2. The van der Waals surface area contributed by atoms with Crippen LogP contribution in [0.2, 0.25) is 0 Å². The van der Waals surface area contributed by atoms with Gasteiger partial charge in [0.25, 0.3) is 11.8 Å². The van der Waals surface area contributed by atoms with Crippen LogP contribution >= 0.6 is 0 Å². The first kappa shape index (κ1) is 19.4. The van der Waals surface area contributed by atoms with Crippen LogP contribution < -0.4 is 15.6 Å². The molecule has 2 N–H and O–H groups in total. The Balaban J connectivity index is 1.77. The second-order valence-electron chi connectivity index (χ2n) is 5.78. The molecule has 0 aliphatic rings. The van der Waals surface area contributed by atoms with Gasteiger partial charge in [0, 0.05) is 5.56 Å². The number of benzene rings is 2. The predicted molar refractivity (Wildman–Crippen MR) is 93.9 cm³/mol. The molecule has 0 unspecified atom stereocenters. The maximum atomic E-state index is 13.4. The molecule has 2 aromatic rings. The molecule has 0 aliphatic carbocycles. The number of hydrogen-bond acceptors (Lipinski definition) is 4. The third-order valence-corrected chi connectivity index (χ3v) is 3.31. The minimum absolute atomic E-state index is 0.0341. The molecule has 0 saturated heterocycles. The summed E-state index contributed by atoms with van der Waals surface area (Å²) in [5.74, 6) is -1.68. The summed E-state index contributed by atoms with van der Waals surface area (Å²) in [7, 11) is 0. The van der Waals surface area contributed by atoms with Crippen LogP contribution in [0, 0.1) is 5.82 Å². The van der Waals surface area contributed by atoms with E-state index < -0.39 is 24.2 Å². The number of amides is 2. The molecule has 2 amide bonds. The largest absolute Gasteiger partial charge is 0.481 e. The Labute approximate surface area is 151 Å². The Morgan fingerprint density at radius 1 is 1.04 bits per heavy atom. The first-order valence-corrected chi connectivity index (χ1v) is 8.12. The van der Waals surface area contributed by atoms with Crippen molar-refractivity contribution in [3.8, 4) is 5.75 Å². The SMILES string of the molecule is CC(C)OCc1ccc(C(=O)NNC(=O)COc2ccccc2F)cc1. The lowest BCUT2D eigenvalue weighted by atomic mass is 10.1. The van der Waals surface area contributed by atoms with E-state index in [1.807, 2.05) is 13.8 Å². The van der Waals surface area contributed by atoms with Crippen molar-refractivity contribution < 1.29 is 23.5 Å². The zero-order chi connectivity index (χ0) is 18.9.